The van der Waals surface area contributed by atoms with E-state index in [2.05, 4.69) is 5.32 Å². The van der Waals surface area contributed by atoms with E-state index in [4.69, 9.17) is 8.92 Å². The highest BCUT2D eigenvalue weighted by Crippen LogP contribution is 2.30. The number of carbonyl (C=O) groups is 1. The lowest BCUT2D eigenvalue weighted by atomic mass is 10.1. The number of ether oxygens (including phenoxy) is 1. The number of hydrogen-bond acceptors (Lipinski definition) is 5. The van der Waals surface area contributed by atoms with Crippen molar-refractivity contribution in [2.75, 3.05) is 19.4 Å². The van der Waals surface area contributed by atoms with E-state index in [1.807, 2.05) is 20.8 Å². The van der Waals surface area contributed by atoms with Crippen molar-refractivity contribution in [1.82, 2.24) is 10.2 Å². The van der Waals surface area contributed by atoms with Gasteiger partial charge in [-0.15, -0.1) is 0 Å². The zero-order chi connectivity index (χ0) is 19.0. The van der Waals surface area contributed by atoms with Gasteiger partial charge >= 0.3 is 16.1 Å². The summed E-state index contributed by atoms with van der Waals surface area (Å²) in [6.07, 6.45) is 0.806. The largest absolute Gasteiger partial charge is 0.493 e. The summed E-state index contributed by atoms with van der Waals surface area (Å²) in [5, 5.41) is 2.80. The van der Waals surface area contributed by atoms with E-state index >= 15 is 0 Å². The second-order valence-corrected chi connectivity index (χ2v) is 7.49. The molecule has 1 rings (SSSR count). The Kier molecular flexibility index (Phi) is 8.02. The second kappa shape index (κ2) is 9.50. The molecule has 0 spiro atoms. The van der Waals surface area contributed by atoms with Crippen LogP contribution in [0.5, 0.6) is 11.5 Å². The van der Waals surface area contributed by atoms with Crippen LogP contribution in [0, 0.1) is 0 Å². The third-order valence-corrected chi connectivity index (χ3v) is 5.00. The Morgan fingerprint density at radius 2 is 1.92 bits per heavy atom. The van der Waals surface area contributed by atoms with Gasteiger partial charge < -0.3 is 19.1 Å². The van der Waals surface area contributed by atoms with Gasteiger partial charge in [-0.2, -0.15) is 8.42 Å². The Morgan fingerprint density at radius 3 is 2.44 bits per heavy atom. The summed E-state index contributed by atoms with van der Waals surface area (Å²) in [4.78, 5) is 14.0. The van der Waals surface area contributed by atoms with Crippen LogP contribution in [0.1, 0.15) is 39.7 Å². The van der Waals surface area contributed by atoms with E-state index in [0.717, 1.165) is 12.0 Å². The van der Waals surface area contributed by atoms with Gasteiger partial charge in [-0.05, 0) is 44.9 Å². The number of methoxy groups -OCH3 is 1. The summed E-state index contributed by atoms with van der Waals surface area (Å²) in [6.45, 7) is 8.23. The molecule has 1 aromatic carbocycles. The lowest BCUT2D eigenvalue weighted by Gasteiger charge is -2.29. The SMILES string of the molecule is CCNC(=O)N(Cc1ccc(OC)c(OS(=O)(=O)CC)c1)[C@H](C)CC. The van der Waals surface area contributed by atoms with Crippen molar-refractivity contribution in [2.24, 2.45) is 0 Å². The third-order valence-electron chi connectivity index (χ3n) is 3.86. The first kappa shape index (κ1) is 21.1. The zero-order valence-electron chi connectivity index (χ0n) is 15.5. The number of benzene rings is 1. The minimum Gasteiger partial charge on any atom is -0.493 e. The molecule has 0 unspecified atom stereocenters. The molecule has 0 aliphatic carbocycles. The van der Waals surface area contributed by atoms with Crippen LogP contribution >= 0.6 is 0 Å². The molecule has 0 heterocycles. The average Bonchev–Trinajstić information content (AvgIpc) is 2.59. The molecule has 0 bridgehead atoms. The van der Waals surface area contributed by atoms with Crippen molar-refractivity contribution in [3.8, 4) is 11.5 Å². The van der Waals surface area contributed by atoms with Gasteiger partial charge in [-0.3, -0.25) is 0 Å². The summed E-state index contributed by atoms with van der Waals surface area (Å²) in [6, 6.07) is 4.91. The topological polar surface area (TPSA) is 84.9 Å². The van der Waals surface area contributed by atoms with Crippen LogP contribution < -0.4 is 14.2 Å². The number of urea groups is 1. The predicted molar refractivity (Wildman–Crippen MR) is 97.5 cm³/mol. The number of rotatable bonds is 9. The van der Waals surface area contributed by atoms with Gasteiger partial charge in [0.05, 0.1) is 12.9 Å². The Labute approximate surface area is 150 Å². The fourth-order valence-corrected chi connectivity index (χ4v) is 2.70. The molecule has 1 N–H and O–H groups in total. The van der Waals surface area contributed by atoms with Crippen LogP contribution in [0.15, 0.2) is 18.2 Å². The summed E-state index contributed by atoms with van der Waals surface area (Å²) < 4.78 is 33.8. The smallest absolute Gasteiger partial charge is 0.317 e. The molecule has 8 heteroatoms. The van der Waals surface area contributed by atoms with Crippen LogP contribution in [0.25, 0.3) is 0 Å². The first-order valence-electron chi connectivity index (χ1n) is 8.41. The maximum absolute atomic E-state index is 12.3. The normalized spacial score (nSPS) is 12.4. The minimum absolute atomic E-state index is 0.0393. The second-order valence-electron chi connectivity index (χ2n) is 5.64. The van der Waals surface area contributed by atoms with Gasteiger partial charge in [0, 0.05) is 19.1 Å². The van der Waals surface area contributed by atoms with Crippen molar-refractivity contribution in [3.05, 3.63) is 23.8 Å². The number of carbonyl (C=O) groups excluding carboxylic acids is 1. The van der Waals surface area contributed by atoms with Crippen LogP contribution in [0.4, 0.5) is 4.79 Å². The Bertz CT molecular complexity index is 676. The highest BCUT2D eigenvalue weighted by atomic mass is 32.2. The number of nitrogens with zero attached hydrogens (tertiary/aromatic N) is 1. The molecule has 0 fully saturated rings. The summed E-state index contributed by atoms with van der Waals surface area (Å²) >= 11 is 0. The molecule has 0 radical (unpaired) electrons. The molecular weight excluding hydrogens is 344 g/mol. The van der Waals surface area contributed by atoms with Gasteiger partial charge in [0.25, 0.3) is 0 Å². The number of amides is 2. The lowest BCUT2D eigenvalue weighted by molar-refractivity contribution is 0.174. The summed E-state index contributed by atoms with van der Waals surface area (Å²) in [7, 11) is -2.22. The summed E-state index contributed by atoms with van der Waals surface area (Å²) in [5.74, 6) is 0.314. The minimum atomic E-state index is -3.67. The van der Waals surface area contributed by atoms with Crippen LogP contribution in [-0.2, 0) is 16.7 Å². The summed E-state index contributed by atoms with van der Waals surface area (Å²) in [5.41, 5.74) is 0.758. The third kappa shape index (κ3) is 6.12. The van der Waals surface area contributed by atoms with Gasteiger partial charge in [-0.25, -0.2) is 4.79 Å². The molecule has 1 atom stereocenters. The van der Waals surface area contributed by atoms with Crippen molar-refractivity contribution < 1.29 is 22.1 Å². The van der Waals surface area contributed by atoms with Crippen molar-refractivity contribution in [2.45, 2.75) is 46.7 Å². The highest BCUT2D eigenvalue weighted by Gasteiger charge is 2.20. The van der Waals surface area contributed by atoms with E-state index in [1.54, 1.807) is 23.1 Å². The van der Waals surface area contributed by atoms with Crippen LogP contribution in [0.3, 0.4) is 0 Å². The Hall–Kier alpha value is -1.96. The van der Waals surface area contributed by atoms with E-state index in [-0.39, 0.29) is 23.6 Å². The van der Waals surface area contributed by atoms with Crippen molar-refractivity contribution >= 4 is 16.1 Å². The van der Waals surface area contributed by atoms with Gasteiger partial charge in [-0.1, -0.05) is 13.0 Å². The van der Waals surface area contributed by atoms with E-state index in [9.17, 15) is 13.2 Å². The fraction of sp³-hybridized carbons (Fsp3) is 0.588. The molecule has 142 valence electrons. The van der Waals surface area contributed by atoms with Gasteiger partial charge in [0.1, 0.15) is 0 Å². The highest BCUT2D eigenvalue weighted by molar-refractivity contribution is 7.87. The maximum Gasteiger partial charge on any atom is 0.317 e. The van der Waals surface area contributed by atoms with E-state index in [1.165, 1.54) is 14.0 Å². The molecule has 1 aromatic rings. The molecule has 0 aliphatic rings. The lowest BCUT2D eigenvalue weighted by Crippen LogP contribution is -2.44. The van der Waals surface area contributed by atoms with Gasteiger partial charge in [0.2, 0.25) is 0 Å². The first-order chi connectivity index (χ1) is 11.8. The molecular formula is C17H28N2O5S. The number of nitrogens with one attached hydrogen (secondary N) is 1. The zero-order valence-corrected chi connectivity index (χ0v) is 16.4. The molecule has 0 saturated carbocycles. The Balaban J connectivity index is 3.12. The maximum atomic E-state index is 12.3. The monoisotopic (exact) mass is 372 g/mol. The van der Waals surface area contributed by atoms with E-state index < -0.39 is 10.1 Å². The number of hydrogen-bond donors (Lipinski definition) is 1. The van der Waals surface area contributed by atoms with E-state index in [0.29, 0.717) is 18.8 Å². The fourth-order valence-electron chi connectivity index (χ4n) is 2.18. The quantitative estimate of drug-likeness (QED) is 0.674. The molecule has 25 heavy (non-hydrogen) atoms. The van der Waals surface area contributed by atoms with Crippen molar-refractivity contribution in [1.29, 1.82) is 0 Å². The Morgan fingerprint density at radius 1 is 1.24 bits per heavy atom. The predicted octanol–water partition coefficient (Wildman–Crippen LogP) is 2.75. The standard InChI is InChI=1S/C17H28N2O5S/c1-6-13(4)19(17(20)18-7-2)12-14-9-10-15(23-5)16(11-14)24-25(21,22)8-3/h9-11,13H,6-8,12H2,1-5H3,(H,18,20)/t13-/m1/s1. The molecule has 0 aliphatic heterocycles. The molecule has 0 saturated heterocycles. The van der Waals surface area contributed by atoms with Crippen LogP contribution in [-0.4, -0.2) is 44.8 Å². The van der Waals surface area contributed by atoms with Gasteiger partial charge in [0.15, 0.2) is 11.5 Å². The van der Waals surface area contributed by atoms with Crippen LogP contribution in [0.2, 0.25) is 0 Å². The molecule has 7 nitrogen and oxygen atoms in total. The first-order valence-corrected chi connectivity index (χ1v) is 9.99. The molecule has 0 aromatic heterocycles. The molecule has 2 amide bonds. The van der Waals surface area contributed by atoms with Crippen molar-refractivity contribution in [3.63, 3.8) is 0 Å². The average molecular weight is 372 g/mol.